The molecule has 156 valence electrons. The molecule has 8 heteroatoms. The molecule has 0 unspecified atom stereocenters. The number of hydrogen-bond donors (Lipinski definition) is 0. The van der Waals surface area contributed by atoms with Crippen LogP contribution in [0.3, 0.4) is 0 Å². The van der Waals surface area contributed by atoms with E-state index in [-0.39, 0.29) is 34.5 Å². The molecule has 0 bridgehead atoms. The Morgan fingerprint density at radius 3 is 2.48 bits per heavy atom. The van der Waals surface area contributed by atoms with Crippen molar-refractivity contribution in [1.29, 1.82) is 0 Å². The Balaban J connectivity index is 1.53. The predicted octanol–water partition coefficient (Wildman–Crippen LogP) is 5.04. The van der Waals surface area contributed by atoms with Crippen molar-refractivity contribution < 1.29 is 28.2 Å². The monoisotopic (exact) mass is 436 g/mol. The molecule has 0 aliphatic heterocycles. The fourth-order valence-electron chi connectivity index (χ4n) is 2.78. The van der Waals surface area contributed by atoms with Crippen LogP contribution in [0.25, 0.3) is 11.0 Å². The van der Waals surface area contributed by atoms with Gasteiger partial charge in [-0.3, -0.25) is 4.79 Å². The lowest BCUT2D eigenvalue weighted by atomic mass is 10.2. The number of carbonyl (C=O) groups is 2. The molecule has 0 spiro atoms. The van der Waals surface area contributed by atoms with Gasteiger partial charge in [-0.15, -0.1) is 11.3 Å². The van der Waals surface area contributed by atoms with Crippen LogP contribution in [0.1, 0.15) is 27.0 Å². The van der Waals surface area contributed by atoms with Gasteiger partial charge in [-0.2, -0.15) is 0 Å². The standard InChI is InChI=1S/C23H16O7S/c1-2-27-22(25)14-5-7-15(8-6-14)29-19-13-28-18-12-16(9-10-17(18)21(19)24)30-23(26)20-4-3-11-31-20/h3-13H,2H2,1H3. The molecule has 0 aliphatic rings. The molecule has 31 heavy (non-hydrogen) atoms. The Morgan fingerprint density at radius 1 is 1.00 bits per heavy atom. The molecule has 2 aromatic carbocycles. The Kier molecular flexibility index (Phi) is 5.81. The number of rotatable bonds is 6. The smallest absolute Gasteiger partial charge is 0.353 e. The van der Waals surface area contributed by atoms with E-state index in [0.717, 1.165) is 0 Å². The van der Waals surface area contributed by atoms with Crippen LogP contribution in [0.5, 0.6) is 17.2 Å². The lowest BCUT2D eigenvalue weighted by Crippen LogP contribution is -2.08. The van der Waals surface area contributed by atoms with E-state index in [1.54, 1.807) is 48.7 Å². The second-order valence-electron chi connectivity index (χ2n) is 6.30. The van der Waals surface area contributed by atoms with Crippen LogP contribution >= 0.6 is 11.3 Å². The summed E-state index contributed by atoms with van der Waals surface area (Å²) in [5.41, 5.74) is 0.253. The van der Waals surface area contributed by atoms with Crippen molar-refractivity contribution >= 4 is 34.2 Å². The number of hydrogen-bond acceptors (Lipinski definition) is 8. The third-order valence-corrected chi connectivity index (χ3v) is 5.09. The molecule has 0 N–H and O–H groups in total. The van der Waals surface area contributed by atoms with E-state index < -0.39 is 11.9 Å². The van der Waals surface area contributed by atoms with E-state index in [1.807, 2.05) is 0 Å². The first-order chi connectivity index (χ1) is 15.0. The van der Waals surface area contributed by atoms with Crippen molar-refractivity contribution in [3.05, 3.63) is 86.9 Å². The summed E-state index contributed by atoms with van der Waals surface area (Å²) in [5.74, 6) is -0.309. The van der Waals surface area contributed by atoms with Crippen LogP contribution in [0.15, 0.2) is 75.5 Å². The Bertz CT molecular complexity index is 1290. The summed E-state index contributed by atoms with van der Waals surface area (Å²) in [6.45, 7) is 2.01. The summed E-state index contributed by atoms with van der Waals surface area (Å²) in [6.07, 6.45) is 1.19. The SMILES string of the molecule is CCOC(=O)c1ccc(Oc2coc3cc(OC(=O)c4cccs4)ccc3c2=O)cc1. The second kappa shape index (κ2) is 8.85. The highest BCUT2D eigenvalue weighted by Crippen LogP contribution is 2.25. The van der Waals surface area contributed by atoms with Gasteiger partial charge in [-0.1, -0.05) is 6.07 Å². The quantitative estimate of drug-likeness (QED) is 0.309. The molecular formula is C23H16O7S. The number of benzene rings is 2. The average molecular weight is 436 g/mol. The highest BCUT2D eigenvalue weighted by molar-refractivity contribution is 7.12. The highest BCUT2D eigenvalue weighted by Gasteiger charge is 2.14. The minimum absolute atomic E-state index is 0.0142. The summed E-state index contributed by atoms with van der Waals surface area (Å²) >= 11 is 1.27. The van der Waals surface area contributed by atoms with Crippen LogP contribution in [0, 0.1) is 0 Å². The minimum atomic E-state index is -0.483. The number of carbonyl (C=O) groups excluding carboxylic acids is 2. The molecule has 4 aromatic rings. The largest absolute Gasteiger partial charge is 0.462 e. The first-order valence-electron chi connectivity index (χ1n) is 9.31. The maximum absolute atomic E-state index is 12.7. The fourth-order valence-corrected chi connectivity index (χ4v) is 3.38. The summed E-state index contributed by atoms with van der Waals surface area (Å²) in [5, 5.41) is 2.05. The maximum Gasteiger partial charge on any atom is 0.353 e. The molecule has 0 atom stereocenters. The zero-order valence-corrected chi connectivity index (χ0v) is 17.1. The minimum Gasteiger partial charge on any atom is -0.462 e. The first-order valence-corrected chi connectivity index (χ1v) is 10.2. The van der Waals surface area contributed by atoms with Crippen molar-refractivity contribution in [3.63, 3.8) is 0 Å². The van der Waals surface area contributed by atoms with Crippen molar-refractivity contribution in [2.45, 2.75) is 6.92 Å². The Morgan fingerprint density at radius 2 is 1.77 bits per heavy atom. The fraction of sp³-hybridized carbons (Fsp3) is 0.0870. The summed E-state index contributed by atoms with van der Waals surface area (Å²) < 4.78 is 21.4. The predicted molar refractivity (Wildman–Crippen MR) is 114 cm³/mol. The van der Waals surface area contributed by atoms with Crippen LogP contribution in [-0.4, -0.2) is 18.5 Å². The van der Waals surface area contributed by atoms with Gasteiger partial charge < -0.3 is 18.6 Å². The number of ether oxygens (including phenoxy) is 3. The van der Waals surface area contributed by atoms with Gasteiger partial charge in [-0.05, 0) is 54.8 Å². The zero-order chi connectivity index (χ0) is 21.8. The highest BCUT2D eigenvalue weighted by atomic mass is 32.1. The van der Waals surface area contributed by atoms with Gasteiger partial charge in [0, 0.05) is 6.07 Å². The summed E-state index contributed by atoms with van der Waals surface area (Å²) in [6, 6.07) is 14.1. The first kappa shape index (κ1) is 20.4. The third-order valence-electron chi connectivity index (χ3n) is 4.24. The summed E-state index contributed by atoms with van der Waals surface area (Å²) in [7, 11) is 0. The topological polar surface area (TPSA) is 92.0 Å². The van der Waals surface area contributed by atoms with E-state index in [0.29, 0.717) is 16.2 Å². The van der Waals surface area contributed by atoms with Crippen molar-refractivity contribution in [2.75, 3.05) is 6.61 Å². The molecule has 0 saturated carbocycles. The Hall–Kier alpha value is -3.91. The van der Waals surface area contributed by atoms with E-state index in [1.165, 1.54) is 35.8 Å². The van der Waals surface area contributed by atoms with Gasteiger partial charge in [0.2, 0.25) is 11.2 Å². The molecule has 2 heterocycles. The lowest BCUT2D eigenvalue weighted by Gasteiger charge is -2.08. The second-order valence-corrected chi connectivity index (χ2v) is 7.25. The van der Waals surface area contributed by atoms with Gasteiger partial charge in [0.25, 0.3) is 0 Å². The summed E-state index contributed by atoms with van der Waals surface area (Å²) in [4.78, 5) is 37.0. The van der Waals surface area contributed by atoms with E-state index >= 15 is 0 Å². The number of esters is 2. The molecule has 0 radical (unpaired) electrons. The maximum atomic E-state index is 12.7. The molecule has 7 nitrogen and oxygen atoms in total. The zero-order valence-electron chi connectivity index (χ0n) is 16.3. The van der Waals surface area contributed by atoms with E-state index in [4.69, 9.17) is 18.6 Å². The van der Waals surface area contributed by atoms with Crippen LogP contribution in [-0.2, 0) is 4.74 Å². The molecule has 2 aromatic heterocycles. The molecular weight excluding hydrogens is 420 g/mol. The average Bonchev–Trinajstić information content (AvgIpc) is 3.32. The normalized spacial score (nSPS) is 10.6. The molecule has 0 aliphatic carbocycles. The molecule has 0 amide bonds. The molecule has 4 rings (SSSR count). The van der Waals surface area contributed by atoms with Gasteiger partial charge >= 0.3 is 11.9 Å². The van der Waals surface area contributed by atoms with Crippen LogP contribution in [0.2, 0.25) is 0 Å². The Labute approximate surface area is 180 Å². The van der Waals surface area contributed by atoms with Crippen LogP contribution < -0.4 is 14.9 Å². The third kappa shape index (κ3) is 4.49. The number of fused-ring (bicyclic) bond motifs is 1. The molecule has 0 fully saturated rings. The van der Waals surface area contributed by atoms with Crippen LogP contribution in [0.4, 0.5) is 0 Å². The van der Waals surface area contributed by atoms with E-state index in [9.17, 15) is 14.4 Å². The van der Waals surface area contributed by atoms with Gasteiger partial charge in [0.1, 0.15) is 28.2 Å². The van der Waals surface area contributed by atoms with E-state index in [2.05, 4.69) is 0 Å². The van der Waals surface area contributed by atoms with Crippen molar-refractivity contribution in [2.24, 2.45) is 0 Å². The lowest BCUT2D eigenvalue weighted by molar-refractivity contribution is 0.0526. The van der Waals surface area contributed by atoms with Crippen molar-refractivity contribution in [3.8, 4) is 17.2 Å². The van der Waals surface area contributed by atoms with Gasteiger partial charge in [-0.25, -0.2) is 9.59 Å². The van der Waals surface area contributed by atoms with Gasteiger partial charge in [0.15, 0.2) is 0 Å². The number of thiophene rings is 1. The molecule has 0 saturated heterocycles. The van der Waals surface area contributed by atoms with Crippen molar-refractivity contribution in [1.82, 2.24) is 0 Å². The van der Waals surface area contributed by atoms with Gasteiger partial charge in [0.05, 0.1) is 17.6 Å².